The summed E-state index contributed by atoms with van der Waals surface area (Å²) in [5.41, 5.74) is 3.85. The molecule has 166 valence electrons. The molecule has 5 rings (SSSR count). The van der Waals surface area contributed by atoms with Crippen LogP contribution in [0.1, 0.15) is 55.8 Å². The zero-order valence-electron chi connectivity index (χ0n) is 18.8. The summed E-state index contributed by atoms with van der Waals surface area (Å²) in [6, 6.07) is 11.9. The highest BCUT2D eigenvalue weighted by Gasteiger charge is 2.36. The van der Waals surface area contributed by atoms with Crippen molar-refractivity contribution >= 4 is 11.9 Å². The summed E-state index contributed by atoms with van der Waals surface area (Å²) in [7, 11) is 1.93. The number of carbonyl (C=O) groups is 1. The number of nitrogens with zero attached hydrogens (tertiary/aromatic N) is 6. The molecule has 3 aromatic rings. The highest BCUT2D eigenvalue weighted by molar-refractivity contribution is 5.84. The van der Waals surface area contributed by atoms with Crippen LogP contribution in [0.3, 0.4) is 0 Å². The molecule has 7 nitrogen and oxygen atoms in total. The number of hydrogen-bond acceptors (Lipinski definition) is 5. The minimum absolute atomic E-state index is 0.0323. The van der Waals surface area contributed by atoms with Crippen molar-refractivity contribution in [2.24, 2.45) is 7.05 Å². The van der Waals surface area contributed by atoms with E-state index in [1.807, 2.05) is 72.3 Å². The molecule has 2 atom stereocenters. The van der Waals surface area contributed by atoms with Crippen molar-refractivity contribution < 1.29 is 4.79 Å². The first-order valence-corrected chi connectivity index (χ1v) is 11.6. The summed E-state index contributed by atoms with van der Waals surface area (Å²) >= 11 is 0. The summed E-state index contributed by atoms with van der Waals surface area (Å²) < 4.78 is 1.84. The molecule has 0 radical (unpaired) electrons. The number of amides is 1. The molecule has 1 aromatic carbocycles. The molecule has 2 aliphatic heterocycles. The van der Waals surface area contributed by atoms with Gasteiger partial charge in [0.15, 0.2) is 0 Å². The molecular formula is C25H30N6O. The molecule has 0 spiro atoms. The number of carbonyl (C=O) groups excluding carboxylic acids is 1. The van der Waals surface area contributed by atoms with E-state index in [-0.39, 0.29) is 17.9 Å². The Morgan fingerprint density at radius 1 is 1.06 bits per heavy atom. The Balaban J connectivity index is 1.45. The predicted molar refractivity (Wildman–Crippen MR) is 124 cm³/mol. The van der Waals surface area contributed by atoms with Gasteiger partial charge in [-0.1, -0.05) is 30.3 Å². The maximum atomic E-state index is 13.5. The third kappa shape index (κ3) is 3.87. The maximum absolute atomic E-state index is 13.5. The summed E-state index contributed by atoms with van der Waals surface area (Å²) in [6.07, 6.45) is 8.13. The van der Waals surface area contributed by atoms with Gasteiger partial charge in [0.25, 0.3) is 0 Å². The van der Waals surface area contributed by atoms with Crippen LogP contribution in [0.5, 0.6) is 0 Å². The molecular weight excluding hydrogens is 400 g/mol. The fraction of sp³-hybridized carbons (Fsp3) is 0.440. The number of benzene rings is 1. The quantitative estimate of drug-likeness (QED) is 0.613. The Kier molecular flexibility index (Phi) is 5.64. The monoisotopic (exact) mass is 430 g/mol. The average molecular weight is 431 g/mol. The van der Waals surface area contributed by atoms with Crippen LogP contribution in [-0.4, -0.2) is 50.2 Å². The third-order valence-corrected chi connectivity index (χ3v) is 6.69. The number of aromatic nitrogens is 4. The molecule has 0 bridgehead atoms. The van der Waals surface area contributed by atoms with E-state index in [1.165, 1.54) is 12.8 Å². The first-order chi connectivity index (χ1) is 15.6. The Labute approximate surface area is 189 Å². The van der Waals surface area contributed by atoms with Gasteiger partial charge in [0, 0.05) is 44.6 Å². The third-order valence-electron chi connectivity index (χ3n) is 6.69. The zero-order chi connectivity index (χ0) is 22.1. The van der Waals surface area contributed by atoms with Crippen molar-refractivity contribution in [2.45, 2.75) is 44.6 Å². The van der Waals surface area contributed by atoms with Gasteiger partial charge >= 0.3 is 0 Å². The molecule has 2 saturated heterocycles. The molecule has 2 aromatic heterocycles. The second-order valence-corrected chi connectivity index (χ2v) is 8.86. The van der Waals surface area contributed by atoms with Crippen molar-refractivity contribution in [3.8, 4) is 11.3 Å². The molecule has 0 saturated carbocycles. The van der Waals surface area contributed by atoms with Crippen LogP contribution in [0.2, 0.25) is 0 Å². The molecule has 32 heavy (non-hydrogen) atoms. The van der Waals surface area contributed by atoms with Crippen molar-refractivity contribution in [1.82, 2.24) is 24.6 Å². The van der Waals surface area contributed by atoms with Crippen LogP contribution in [0.15, 0.2) is 48.8 Å². The van der Waals surface area contributed by atoms with Crippen LogP contribution in [-0.2, 0) is 11.8 Å². The van der Waals surface area contributed by atoms with E-state index in [9.17, 15) is 4.79 Å². The first-order valence-electron chi connectivity index (χ1n) is 11.6. The summed E-state index contributed by atoms with van der Waals surface area (Å²) in [5.74, 6) is 0.771. The molecule has 0 aliphatic carbocycles. The largest absolute Gasteiger partial charge is 0.341 e. The standard InChI is InChI=1S/C25H30N6O/c1-18(19-9-4-3-5-10-19)24(32)31-16-8-11-22(31)23-20(17-29(2)28-23)21-12-13-26-25(27-21)30-14-6-7-15-30/h3-5,9-10,12-13,17-18,22H,6-8,11,14-16H2,1-2H3/t18-,22+/m0/s1. The number of likely N-dealkylation sites (tertiary alicyclic amines) is 1. The lowest BCUT2D eigenvalue weighted by Gasteiger charge is -2.27. The van der Waals surface area contributed by atoms with Crippen LogP contribution < -0.4 is 4.90 Å². The average Bonchev–Trinajstić information content (AvgIpc) is 3.59. The first kappa shape index (κ1) is 20.7. The van der Waals surface area contributed by atoms with Gasteiger partial charge in [0.2, 0.25) is 11.9 Å². The fourth-order valence-electron chi connectivity index (χ4n) is 4.96. The zero-order valence-corrected chi connectivity index (χ0v) is 18.8. The van der Waals surface area contributed by atoms with Crippen LogP contribution in [0, 0.1) is 0 Å². The lowest BCUT2D eigenvalue weighted by Crippen LogP contribution is -2.34. The number of anilines is 1. The van der Waals surface area contributed by atoms with Crippen LogP contribution >= 0.6 is 0 Å². The van der Waals surface area contributed by atoms with Gasteiger partial charge in [-0.25, -0.2) is 9.97 Å². The summed E-state index contributed by atoms with van der Waals surface area (Å²) in [4.78, 5) is 27.1. The number of aryl methyl sites for hydroxylation is 1. The number of rotatable bonds is 5. The van der Waals surface area contributed by atoms with Gasteiger partial charge in [-0.2, -0.15) is 5.10 Å². The Morgan fingerprint density at radius 2 is 1.84 bits per heavy atom. The van der Waals surface area contributed by atoms with Gasteiger partial charge in [-0.15, -0.1) is 0 Å². The molecule has 0 N–H and O–H groups in total. The summed E-state index contributed by atoms with van der Waals surface area (Å²) in [6.45, 7) is 4.77. The molecule has 0 unspecified atom stereocenters. The smallest absolute Gasteiger partial charge is 0.230 e. The van der Waals surface area contributed by atoms with Crippen molar-refractivity contribution in [2.75, 3.05) is 24.5 Å². The van der Waals surface area contributed by atoms with E-state index < -0.39 is 0 Å². The minimum Gasteiger partial charge on any atom is -0.341 e. The lowest BCUT2D eigenvalue weighted by molar-refractivity contribution is -0.133. The van der Waals surface area contributed by atoms with Gasteiger partial charge in [-0.3, -0.25) is 9.48 Å². The van der Waals surface area contributed by atoms with Gasteiger partial charge < -0.3 is 9.80 Å². The van der Waals surface area contributed by atoms with E-state index in [0.29, 0.717) is 0 Å². The molecule has 2 fully saturated rings. The molecule has 2 aliphatic rings. The molecule has 7 heteroatoms. The highest BCUT2D eigenvalue weighted by atomic mass is 16.2. The number of hydrogen-bond donors (Lipinski definition) is 0. The van der Waals surface area contributed by atoms with Crippen molar-refractivity contribution in [3.05, 3.63) is 60.0 Å². The van der Waals surface area contributed by atoms with Crippen molar-refractivity contribution in [3.63, 3.8) is 0 Å². The predicted octanol–water partition coefficient (Wildman–Crippen LogP) is 3.94. The Bertz CT molecular complexity index is 1090. The van der Waals surface area contributed by atoms with Crippen LogP contribution in [0.25, 0.3) is 11.3 Å². The van der Waals surface area contributed by atoms with Gasteiger partial charge in [0.1, 0.15) is 0 Å². The molecule has 4 heterocycles. The normalized spacial score (nSPS) is 19.5. The van der Waals surface area contributed by atoms with E-state index in [0.717, 1.165) is 60.9 Å². The SMILES string of the molecule is C[C@H](C(=O)N1CCC[C@@H]1c1nn(C)cc1-c1ccnc(N2CCCC2)n1)c1ccccc1. The molecule has 1 amide bonds. The minimum atomic E-state index is -0.176. The van der Waals surface area contributed by atoms with Gasteiger partial charge in [0.05, 0.1) is 23.3 Å². The Hall–Kier alpha value is -3.22. The fourth-order valence-corrected chi connectivity index (χ4v) is 4.96. The van der Waals surface area contributed by atoms with E-state index in [4.69, 9.17) is 10.1 Å². The highest BCUT2D eigenvalue weighted by Crippen LogP contribution is 2.38. The second kappa shape index (κ2) is 8.73. The second-order valence-electron chi connectivity index (χ2n) is 8.86. The maximum Gasteiger partial charge on any atom is 0.230 e. The van der Waals surface area contributed by atoms with E-state index in [2.05, 4.69) is 9.88 Å². The van der Waals surface area contributed by atoms with E-state index in [1.54, 1.807) is 0 Å². The Morgan fingerprint density at radius 3 is 2.62 bits per heavy atom. The van der Waals surface area contributed by atoms with E-state index >= 15 is 0 Å². The van der Waals surface area contributed by atoms with Crippen LogP contribution in [0.4, 0.5) is 5.95 Å². The lowest BCUT2D eigenvalue weighted by atomic mass is 9.98. The van der Waals surface area contributed by atoms with Crippen molar-refractivity contribution in [1.29, 1.82) is 0 Å². The topological polar surface area (TPSA) is 67.2 Å². The summed E-state index contributed by atoms with van der Waals surface area (Å²) in [5, 5.41) is 4.81. The van der Waals surface area contributed by atoms with Gasteiger partial charge in [-0.05, 0) is 44.2 Å².